The number of aromatic amines is 2. The smallest absolute Gasteiger partial charge is 0.223 e. The van der Waals surface area contributed by atoms with Gasteiger partial charge in [-0.1, -0.05) is 90.1 Å². The molecule has 4 aromatic rings. The van der Waals surface area contributed by atoms with Gasteiger partial charge < -0.3 is 19.8 Å². The third kappa shape index (κ3) is 6.81. The number of nitrogens with zero attached hydrogens (tertiary/aromatic N) is 4. The van der Waals surface area contributed by atoms with Gasteiger partial charge in [0.25, 0.3) is 0 Å². The maximum absolute atomic E-state index is 12.9. The van der Waals surface area contributed by atoms with Crippen molar-refractivity contribution in [2.24, 2.45) is 23.7 Å². The molecule has 0 spiro atoms. The molecule has 8 nitrogen and oxygen atoms in total. The molecular formula is C38H48N6O2. The van der Waals surface area contributed by atoms with Gasteiger partial charge in [-0.05, 0) is 58.8 Å². The molecule has 46 heavy (non-hydrogen) atoms. The standard InChI is InChI=1S/C38H48N6O2/c1-23(2)15-35(45)43-21-25(5)17-33(43)37-39-19-31(41-37)29-11-7-27(8-12-29)28-9-13-30(14-10-28)32-20-40-38(42-32)34-18-26(6)22-44(34)36(46)16-24(3)4/h7-14,19-20,23-26,33-34H,15-18,21-22H2,1-6H3,(H,39,41)(H,40,42). The molecule has 4 heterocycles. The van der Waals surface area contributed by atoms with Gasteiger partial charge in [-0.15, -0.1) is 0 Å². The number of imidazole rings is 2. The van der Waals surface area contributed by atoms with Gasteiger partial charge in [0, 0.05) is 25.9 Å². The highest BCUT2D eigenvalue weighted by Crippen LogP contribution is 2.37. The van der Waals surface area contributed by atoms with E-state index in [0.29, 0.717) is 36.5 Å². The quantitative estimate of drug-likeness (QED) is 0.198. The molecule has 2 amide bonds. The maximum atomic E-state index is 12.9. The van der Waals surface area contributed by atoms with Gasteiger partial charge in [0.05, 0.1) is 35.9 Å². The highest BCUT2D eigenvalue weighted by atomic mass is 16.2. The lowest BCUT2D eigenvalue weighted by Crippen LogP contribution is -2.32. The Morgan fingerprint density at radius 2 is 1.00 bits per heavy atom. The normalized spacial score (nSPS) is 21.6. The van der Waals surface area contributed by atoms with Crippen LogP contribution in [-0.2, 0) is 9.59 Å². The van der Waals surface area contributed by atoms with Gasteiger partial charge in [0.1, 0.15) is 11.6 Å². The zero-order valence-corrected chi connectivity index (χ0v) is 28.1. The number of likely N-dealkylation sites (tertiary alicyclic amines) is 2. The minimum Gasteiger partial charge on any atom is -0.340 e. The Kier molecular flexibility index (Phi) is 9.16. The third-order valence-corrected chi connectivity index (χ3v) is 9.37. The number of benzene rings is 2. The molecule has 0 aliphatic carbocycles. The van der Waals surface area contributed by atoms with Crippen LogP contribution in [0.2, 0.25) is 0 Å². The van der Waals surface area contributed by atoms with Gasteiger partial charge in [-0.2, -0.15) is 0 Å². The van der Waals surface area contributed by atoms with E-state index in [1.165, 1.54) is 0 Å². The molecule has 0 saturated carbocycles. The molecule has 0 radical (unpaired) electrons. The van der Waals surface area contributed by atoms with E-state index in [2.05, 4.69) is 100 Å². The molecule has 6 rings (SSSR count). The van der Waals surface area contributed by atoms with Crippen molar-refractivity contribution < 1.29 is 9.59 Å². The lowest BCUT2D eigenvalue weighted by molar-refractivity contribution is -0.134. The van der Waals surface area contributed by atoms with Crippen LogP contribution in [0.15, 0.2) is 60.9 Å². The first kappa shape index (κ1) is 31.8. The van der Waals surface area contributed by atoms with Gasteiger partial charge in [0.2, 0.25) is 11.8 Å². The van der Waals surface area contributed by atoms with E-state index >= 15 is 0 Å². The minimum atomic E-state index is 0.00627. The zero-order valence-electron chi connectivity index (χ0n) is 28.1. The fraction of sp³-hybridized carbons (Fsp3) is 0.474. The first-order valence-electron chi connectivity index (χ1n) is 17.0. The SMILES string of the molecule is CC(C)CC(=O)N1CC(C)CC1c1ncc(-c2ccc(-c3ccc(-c4cnc(C5CC(C)CN5C(=O)CC(C)C)[nH]4)cc3)cc2)[nH]1. The van der Waals surface area contributed by atoms with Gasteiger partial charge in [0.15, 0.2) is 0 Å². The number of aromatic nitrogens is 4. The van der Waals surface area contributed by atoms with E-state index in [-0.39, 0.29) is 23.9 Å². The topological polar surface area (TPSA) is 98.0 Å². The first-order chi connectivity index (χ1) is 22.0. The predicted molar refractivity (Wildman–Crippen MR) is 182 cm³/mol. The van der Waals surface area contributed by atoms with Crippen molar-refractivity contribution in [3.8, 4) is 33.6 Å². The van der Waals surface area contributed by atoms with E-state index in [0.717, 1.165) is 71.2 Å². The predicted octanol–water partition coefficient (Wildman–Crippen LogP) is 8.05. The second-order valence-corrected chi connectivity index (χ2v) is 14.5. The summed E-state index contributed by atoms with van der Waals surface area (Å²) in [6, 6.07) is 17.0. The van der Waals surface area contributed by atoms with Crippen molar-refractivity contribution in [2.75, 3.05) is 13.1 Å². The molecule has 2 saturated heterocycles. The van der Waals surface area contributed by atoms with Gasteiger partial charge in [-0.3, -0.25) is 9.59 Å². The van der Waals surface area contributed by atoms with Crippen molar-refractivity contribution in [1.29, 1.82) is 0 Å². The summed E-state index contributed by atoms with van der Waals surface area (Å²) in [5.74, 6) is 3.78. The molecule has 0 bridgehead atoms. The zero-order chi connectivity index (χ0) is 32.5. The summed E-state index contributed by atoms with van der Waals surface area (Å²) < 4.78 is 0. The number of amides is 2. The monoisotopic (exact) mass is 620 g/mol. The molecule has 2 aromatic heterocycles. The Hall–Kier alpha value is -4.20. The second-order valence-electron chi connectivity index (χ2n) is 14.5. The van der Waals surface area contributed by atoms with Crippen LogP contribution in [0.4, 0.5) is 0 Å². The molecular weight excluding hydrogens is 572 g/mol. The summed E-state index contributed by atoms with van der Waals surface area (Å²) in [5, 5.41) is 0. The van der Waals surface area contributed by atoms with Crippen molar-refractivity contribution in [3.63, 3.8) is 0 Å². The molecule has 2 aliphatic rings. The average molecular weight is 621 g/mol. The van der Waals surface area contributed by atoms with E-state index in [1.807, 2.05) is 22.2 Å². The number of carbonyl (C=O) groups is 2. The summed E-state index contributed by atoms with van der Waals surface area (Å²) in [6.07, 6.45) is 6.78. The Bertz CT molecular complexity index is 1530. The van der Waals surface area contributed by atoms with E-state index < -0.39 is 0 Å². The van der Waals surface area contributed by atoms with Crippen molar-refractivity contribution >= 4 is 11.8 Å². The van der Waals surface area contributed by atoms with Crippen LogP contribution in [0.5, 0.6) is 0 Å². The number of H-pyrrole nitrogens is 2. The molecule has 4 atom stereocenters. The summed E-state index contributed by atoms with van der Waals surface area (Å²) in [6.45, 7) is 14.4. The van der Waals surface area contributed by atoms with Crippen LogP contribution in [0, 0.1) is 23.7 Å². The molecule has 2 fully saturated rings. The van der Waals surface area contributed by atoms with Crippen LogP contribution in [0.25, 0.3) is 33.6 Å². The molecule has 4 unspecified atom stereocenters. The van der Waals surface area contributed by atoms with Crippen molar-refractivity contribution in [1.82, 2.24) is 29.7 Å². The van der Waals surface area contributed by atoms with Crippen LogP contribution in [0.3, 0.4) is 0 Å². The van der Waals surface area contributed by atoms with Crippen LogP contribution < -0.4 is 0 Å². The molecule has 8 heteroatoms. The summed E-state index contributed by atoms with van der Waals surface area (Å²) >= 11 is 0. The lowest BCUT2D eigenvalue weighted by Gasteiger charge is -2.24. The largest absolute Gasteiger partial charge is 0.340 e. The number of carbonyl (C=O) groups excluding carboxylic acids is 2. The van der Waals surface area contributed by atoms with Crippen molar-refractivity contribution in [2.45, 2.75) is 79.3 Å². The van der Waals surface area contributed by atoms with Crippen LogP contribution in [0.1, 0.15) is 91.0 Å². The maximum Gasteiger partial charge on any atom is 0.223 e. The Morgan fingerprint density at radius 3 is 1.35 bits per heavy atom. The Balaban J connectivity index is 1.13. The van der Waals surface area contributed by atoms with E-state index in [1.54, 1.807) is 0 Å². The summed E-state index contributed by atoms with van der Waals surface area (Å²) in [4.78, 5) is 46.4. The van der Waals surface area contributed by atoms with Crippen LogP contribution in [-0.4, -0.2) is 54.6 Å². The molecule has 242 valence electrons. The lowest BCUT2D eigenvalue weighted by atomic mass is 10.0. The fourth-order valence-corrected chi connectivity index (χ4v) is 7.08. The van der Waals surface area contributed by atoms with E-state index in [9.17, 15) is 9.59 Å². The number of hydrogen-bond acceptors (Lipinski definition) is 4. The van der Waals surface area contributed by atoms with Gasteiger partial charge >= 0.3 is 0 Å². The van der Waals surface area contributed by atoms with Crippen molar-refractivity contribution in [3.05, 3.63) is 72.6 Å². The molecule has 2 N–H and O–H groups in total. The van der Waals surface area contributed by atoms with Crippen LogP contribution >= 0.6 is 0 Å². The summed E-state index contributed by atoms with van der Waals surface area (Å²) in [5.41, 5.74) is 6.33. The first-order valence-corrected chi connectivity index (χ1v) is 17.0. The second kappa shape index (κ2) is 13.3. The highest BCUT2D eigenvalue weighted by Gasteiger charge is 2.37. The minimum absolute atomic E-state index is 0.00627. The molecule has 2 aromatic carbocycles. The summed E-state index contributed by atoms with van der Waals surface area (Å²) in [7, 11) is 0. The highest BCUT2D eigenvalue weighted by molar-refractivity contribution is 5.78. The third-order valence-electron chi connectivity index (χ3n) is 9.37. The average Bonchev–Trinajstić information content (AvgIpc) is 3.82. The fourth-order valence-electron chi connectivity index (χ4n) is 7.08. The Labute approximate surface area is 273 Å². The number of rotatable bonds is 9. The number of nitrogens with one attached hydrogen (secondary N) is 2. The van der Waals surface area contributed by atoms with E-state index in [4.69, 9.17) is 9.97 Å². The number of hydrogen-bond donors (Lipinski definition) is 2. The molecule has 2 aliphatic heterocycles. The Morgan fingerprint density at radius 1 is 0.652 bits per heavy atom. The van der Waals surface area contributed by atoms with Gasteiger partial charge in [-0.25, -0.2) is 9.97 Å².